The van der Waals surface area contributed by atoms with E-state index < -0.39 is 0 Å². The molecule has 5 heteroatoms. The van der Waals surface area contributed by atoms with Gasteiger partial charge in [-0.05, 0) is 0 Å². The molecule has 0 saturated carbocycles. The van der Waals surface area contributed by atoms with Crippen LogP contribution in [0.25, 0.3) is 0 Å². The number of hydrogen-bond donors (Lipinski definition) is 1. The summed E-state index contributed by atoms with van der Waals surface area (Å²) in [6.45, 7) is 0.646. The normalized spacial score (nSPS) is 9.23. The fraction of sp³-hybridized carbons (Fsp3) is 0.375. The molecule has 68 valence electrons. The number of nitrogen functional groups attached to an aromatic ring is 1. The van der Waals surface area contributed by atoms with E-state index in [1.807, 2.05) is 11.9 Å². The van der Waals surface area contributed by atoms with Gasteiger partial charge in [-0.3, -0.25) is 0 Å². The summed E-state index contributed by atoms with van der Waals surface area (Å²) in [4.78, 5) is 9.66. The van der Waals surface area contributed by atoms with Gasteiger partial charge in [0.25, 0.3) is 0 Å². The number of rotatable bonds is 3. The summed E-state index contributed by atoms with van der Waals surface area (Å²) < 4.78 is 0. The molecule has 0 radical (unpaired) electrons. The van der Waals surface area contributed by atoms with Crippen molar-refractivity contribution in [3.05, 3.63) is 12.4 Å². The third kappa shape index (κ3) is 2.60. The Bertz CT molecular complexity index is 317. The number of nitriles is 1. The Kier molecular flexibility index (Phi) is 3.03. The van der Waals surface area contributed by atoms with Crippen LogP contribution in [0.3, 0.4) is 0 Å². The van der Waals surface area contributed by atoms with E-state index in [4.69, 9.17) is 11.0 Å². The van der Waals surface area contributed by atoms with Crippen LogP contribution in [0.1, 0.15) is 6.42 Å². The topological polar surface area (TPSA) is 78.8 Å². The Hall–Kier alpha value is -1.83. The average Bonchev–Trinajstić information content (AvgIpc) is 2.14. The minimum absolute atomic E-state index is 0.439. The lowest BCUT2D eigenvalue weighted by atomic mass is 10.4. The molecule has 0 aliphatic rings. The number of nitrogens with zero attached hydrogens (tertiary/aromatic N) is 4. The van der Waals surface area contributed by atoms with Crippen LogP contribution in [0.4, 0.5) is 11.6 Å². The number of aromatic nitrogens is 2. The lowest BCUT2D eigenvalue weighted by molar-refractivity contribution is 0.880. The first-order valence-corrected chi connectivity index (χ1v) is 3.89. The smallest absolute Gasteiger partial charge is 0.133 e. The summed E-state index contributed by atoms with van der Waals surface area (Å²) in [6.07, 6.45) is 1.88. The highest BCUT2D eigenvalue weighted by Gasteiger charge is 2.01. The van der Waals surface area contributed by atoms with Crippen molar-refractivity contribution < 1.29 is 0 Å². The molecule has 1 heterocycles. The Morgan fingerprint density at radius 2 is 2.38 bits per heavy atom. The average molecular weight is 177 g/mol. The number of nitrogens with two attached hydrogens (primary N) is 1. The first-order chi connectivity index (χ1) is 6.24. The van der Waals surface area contributed by atoms with Gasteiger partial charge in [0, 0.05) is 19.7 Å². The summed E-state index contributed by atoms with van der Waals surface area (Å²) in [7, 11) is 1.86. The highest BCUT2D eigenvalue weighted by molar-refractivity contribution is 5.45. The first-order valence-electron chi connectivity index (χ1n) is 3.89. The van der Waals surface area contributed by atoms with Crippen LogP contribution in [-0.2, 0) is 0 Å². The van der Waals surface area contributed by atoms with Crippen molar-refractivity contribution in [1.29, 1.82) is 5.26 Å². The lowest BCUT2D eigenvalue weighted by Crippen LogP contribution is -2.19. The predicted octanol–water partition coefficient (Wildman–Crippen LogP) is 0.409. The molecule has 0 aliphatic carbocycles. The predicted molar refractivity (Wildman–Crippen MR) is 49.9 cm³/mol. The largest absolute Gasteiger partial charge is 0.384 e. The Balaban J connectivity index is 2.66. The van der Waals surface area contributed by atoms with Crippen LogP contribution < -0.4 is 10.6 Å². The molecule has 13 heavy (non-hydrogen) atoms. The summed E-state index contributed by atoms with van der Waals surface area (Å²) >= 11 is 0. The second kappa shape index (κ2) is 4.26. The minimum Gasteiger partial charge on any atom is -0.384 e. The summed E-state index contributed by atoms with van der Waals surface area (Å²) in [5.74, 6) is 1.18. The monoisotopic (exact) mass is 177 g/mol. The fourth-order valence-corrected chi connectivity index (χ4v) is 0.903. The third-order valence-corrected chi connectivity index (χ3v) is 1.62. The third-order valence-electron chi connectivity index (χ3n) is 1.62. The minimum atomic E-state index is 0.439. The van der Waals surface area contributed by atoms with E-state index in [1.165, 1.54) is 6.33 Å². The molecule has 0 amide bonds. The van der Waals surface area contributed by atoms with Crippen LogP contribution in [0.2, 0.25) is 0 Å². The van der Waals surface area contributed by atoms with Crippen molar-refractivity contribution in [3.8, 4) is 6.07 Å². The molecule has 0 aliphatic heterocycles. The molecular formula is C8H11N5. The van der Waals surface area contributed by atoms with Crippen LogP contribution in [0, 0.1) is 11.3 Å². The van der Waals surface area contributed by atoms with Crippen molar-refractivity contribution in [3.63, 3.8) is 0 Å². The number of hydrogen-bond acceptors (Lipinski definition) is 5. The fourth-order valence-electron chi connectivity index (χ4n) is 0.903. The Labute approximate surface area is 76.8 Å². The van der Waals surface area contributed by atoms with Crippen molar-refractivity contribution in [2.24, 2.45) is 0 Å². The molecule has 1 rings (SSSR count). The van der Waals surface area contributed by atoms with E-state index >= 15 is 0 Å². The second-order valence-electron chi connectivity index (χ2n) is 2.63. The molecule has 0 bridgehead atoms. The van der Waals surface area contributed by atoms with Gasteiger partial charge in [-0.15, -0.1) is 0 Å². The van der Waals surface area contributed by atoms with Gasteiger partial charge in [-0.25, -0.2) is 9.97 Å². The zero-order chi connectivity index (χ0) is 9.68. The SMILES string of the molecule is CN(CCC#N)c1cc(N)ncn1. The van der Waals surface area contributed by atoms with Crippen molar-refractivity contribution in [2.45, 2.75) is 6.42 Å². The van der Waals surface area contributed by atoms with Gasteiger partial charge in [-0.2, -0.15) is 5.26 Å². The van der Waals surface area contributed by atoms with Gasteiger partial charge in [0.2, 0.25) is 0 Å². The van der Waals surface area contributed by atoms with Crippen LogP contribution in [0.5, 0.6) is 0 Å². The van der Waals surface area contributed by atoms with E-state index in [0.717, 1.165) is 5.82 Å². The van der Waals surface area contributed by atoms with Crippen LogP contribution >= 0.6 is 0 Å². The molecule has 0 saturated heterocycles. The maximum atomic E-state index is 8.38. The highest BCUT2D eigenvalue weighted by atomic mass is 15.2. The van der Waals surface area contributed by atoms with Crippen molar-refractivity contribution in [2.75, 3.05) is 24.2 Å². The van der Waals surface area contributed by atoms with Crippen molar-refractivity contribution in [1.82, 2.24) is 9.97 Å². The van der Waals surface area contributed by atoms with E-state index in [-0.39, 0.29) is 0 Å². The molecular weight excluding hydrogens is 166 g/mol. The summed E-state index contributed by atoms with van der Waals surface area (Å²) in [5.41, 5.74) is 5.48. The van der Waals surface area contributed by atoms with Crippen LogP contribution in [-0.4, -0.2) is 23.6 Å². The van der Waals surface area contributed by atoms with Gasteiger partial charge >= 0.3 is 0 Å². The zero-order valence-corrected chi connectivity index (χ0v) is 7.44. The highest BCUT2D eigenvalue weighted by Crippen LogP contribution is 2.09. The Morgan fingerprint density at radius 1 is 1.62 bits per heavy atom. The van der Waals surface area contributed by atoms with E-state index in [9.17, 15) is 0 Å². The first kappa shape index (κ1) is 9.26. The summed E-state index contributed by atoms with van der Waals surface area (Å²) in [5, 5.41) is 8.38. The molecule has 0 fully saturated rings. The van der Waals surface area contributed by atoms with E-state index in [2.05, 4.69) is 16.0 Å². The maximum Gasteiger partial charge on any atom is 0.133 e. The molecule has 1 aromatic heterocycles. The second-order valence-corrected chi connectivity index (χ2v) is 2.63. The molecule has 5 nitrogen and oxygen atoms in total. The standard InChI is InChI=1S/C8H11N5/c1-13(4-2-3-9)8-5-7(10)11-6-12-8/h5-6H,2,4H2,1H3,(H2,10,11,12). The van der Waals surface area contributed by atoms with Crippen molar-refractivity contribution >= 4 is 11.6 Å². The molecule has 0 spiro atoms. The van der Waals surface area contributed by atoms with Gasteiger partial charge in [0.1, 0.15) is 18.0 Å². The lowest BCUT2D eigenvalue weighted by Gasteiger charge is -2.15. The molecule has 0 atom stereocenters. The van der Waals surface area contributed by atoms with E-state index in [1.54, 1.807) is 6.07 Å². The molecule has 0 unspecified atom stereocenters. The van der Waals surface area contributed by atoms with Gasteiger partial charge < -0.3 is 10.6 Å². The van der Waals surface area contributed by atoms with Gasteiger partial charge in [0.15, 0.2) is 0 Å². The zero-order valence-electron chi connectivity index (χ0n) is 7.44. The van der Waals surface area contributed by atoms with Crippen LogP contribution in [0.15, 0.2) is 12.4 Å². The van der Waals surface area contributed by atoms with Gasteiger partial charge in [-0.1, -0.05) is 0 Å². The van der Waals surface area contributed by atoms with E-state index in [0.29, 0.717) is 18.8 Å². The molecule has 1 aromatic rings. The van der Waals surface area contributed by atoms with Gasteiger partial charge in [0.05, 0.1) is 12.5 Å². The summed E-state index contributed by atoms with van der Waals surface area (Å²) in [6, 6.07) is 3.74. The molecule has 0 aromatic carbocycles. The maximum absolute atomic E-state index is 8.38. The Morgan fingerprint density at radius 3 is 3.00 bits per heavy atom. The number of anilines is 2. The quantitative estimate of drug-likeness (QED) is 0.723. The molecule has 2 N–H and O–H groups in total.